The number of aromatic nitrogens is 3. The van der Waals surface area contributed by atoms with Crippen LogP contribution in [0.25, 0.3) is 10.9 Å². The van der Waals surface area contributed by atoms with Crippen LogP contribution in [-0.2, 0) is 9.53 Å². The van der Waals surface area contributed by atoms with Gasteiger partial charge in [-0.3, -0.25) is 15.3 Å². The van der Waals surface area contributed by atoms with Gasteiger partial charge < -0.3 is 15.0 Å². The summed E-state index contributed by atoms with van der Waals surface area (Å²) in [4.78, 5) is 17.8. The molecule has 2 aromatic heterocycles. The largest absolute Gasteiger partial charge is 0.378 e. The average molecular weight is 329 g/mol. The number of H-pyrrole nitrogens is 1. The molecule has 0 bridgehead atoms. The summed E-state index contributed by atoms with van der Waals surface area (Å²) in [5.74, 6) is 0.686. The Morgan fingerprint density at radius 3 is 2.92 bits per heavy atom. The summed E-state index contributed by atoms with van der Waals surface area (Å²) < 4.78 is 5.29. The van der Waals surface area contributed by atoms with Gasteiger partial charge in [-0.25, -0.2) is 4.98 Å². The number of nitrogens with zero attached hydrogens (tertiary/aromatic N) is 3. The Kier molecular flexibility index (Phi) is 4.30. The molecule has 3 heterocycles. The van der Waals surface area contributed by atoms with Gasteiger partial charge in [-0.2, -0.15) is 5.10 Å². The molecule has 0 radical (unpaired) electrons. The van der Waals surface area contributed by atoms with Crippen LogP contribution in [0, 0.1) is 0 Å². The number of rotatable bonds is 5. The fourth-order valence-corrected chi connectivity index (χ4v) is 2.67. The highest BCUT2D eigenvalue weighted by Crippen LogP contribution is 2.28. The molecule has 2 aromatic rings. The Hall–Kier alpha value is -2.74. The van der Waals surface area contributed by atoms with Gasteiger partial charge >= 0.3 is 0 Å². The highest BCUT2D eigenvalue weighted by molar-refractivity contribution is 6.10. The number of amides is 1. The van der Waals surface area contributed by atoms with Crippen molar-refractivity contribution < 1.29 is 14.9 Å². The second kappa shape index (κ2) is 6.40. The lowest BCUT2D eigenvalue weighted by Gasteiger charge is -2.38. The minimum atomic E-state index is -0.179. The van der Waals surface area contributed by atoms with E-state index in [1.54, 1.807) is 26.3 Å². The van der Waals surface area contributed by atoms with Gasteiger partial charge in [-0.05, 0) is 13.0 Å². The first-order valence-corrected chi connectivity index (χ1v) is 7.72. The summed E-state index contributed by atoms with van der Waals surface area (Å²) in [6, 6.07) is 1.83. The summed E-state index contributed by atoms with van der Waals surface area (Å²) in [6.45, 7) is 4.88. The molecular weight excluding hydrogens is 308 g/mol. The van der Waals surface area contributed by atoms with Crippen molar-refractivity contribution in [3.05, 3.63) is 29.7 Å². The van der Waals surface area contributed by atoms with Crippen molar-refractivity contribution in [2.45, 2.75) is 20.0 Å². The average Bonchev–Trinajstić information content (AvgIpc) is 2.94. The standard InChI is InChI=1S/C16H20N6O2/c1-4-12(19-9(2)23)15(17)14-5-13-11(6-18-14)16(21-20-13)22-7-10(8-22)24-3/h4-6,10,17H,7-8H2,1-3H3,(H,19,23)(H,20,21)/p+1/b12-4+,17-15?. The van der Waals surface area contributed by atoms with Crippen LogP contribution in [0.1, 0.15) is 19.5 Å². The number of fused-ring (bicyclic) bond motifs is 1. The molecule has 0 saturated carbocycles. The maximum Gasteiger partial charge on any atom is 0.246 e. The summed E-state index contributed by atoms with van der Waals surface area (Å²) in [6.07, 6.45) is 3.74. The molecule has 1 fully saturated rings. The molecule has 126 valence electrons. The first-order valence-electron chi connectivity index (χ1n) is 7.72. The third-order valence-corrected chi connectivity index (χ3v) is 4.07. The maximum absolute atomic E-state index is 11.3. The Morgan fingerprint density at radius 1 is 1.54 bits per heavy atom. The second-order valence-corrected chi connectivity index (χ2v) is 5.72. The first-order chi connectivity index (χ1) is 11.5. The van der Waals surface area contributed by atoms with Crippen LogP contribution in [0.2, 0.25) is 0 Å². The molecule has 1 aliphatic rings. The van der Waals surface area contributed by atoms with Gasteiger partial charge in [0.2, 0.25) is 11.6 Å². The molecular formula is C16H21N6O2+. The number of nitrogens with two attached hydrogens (primary N) is 1. The number of carbonyl (C=O) groups is 1. The summed E-state index contributed by atoms with van der Waals surface area (Å²) in [7, 11) is 1.71. The predicted molar refractivity (Wildman–Crippen MR) is 90.5 cm³/mol. The van der Waals surface area contributed by atoms with Gasteiger partial charge in [-0.15, -0.1) is 0 Å². The minimum absolute atomic E-state index is 0.179. The van der Waals surface area contributed by atoms with Crippen LogP contribution in [0.15, 0.2) is 24.0 Å². The molecule has 4 N–H and O–H groups in total. The van der Waals surface area contributed by atoms with E-state index in [9.17, 15) is 4.79 Å². The number of carbonyl (C=O) groups excluding carboxylic acids is 1. The number of allylic oxidation sites excluding steroid dienone is 2. The van der Waals surface area contributed by atoms with Crippen LogP contribution in [0.3, 0.4) is 0 Å². The van der Waals surface area contributed by atoms with E-state index in [2.05, 4.69) is 25.4 Å². The van der Waals surface area contributed by atoms with Crippen LogP contribution in [0.4, 0.5) is 5.82 Å². The van der Waals surface area contributed by atoms with E-state index >= 15 is 0 Å². The summed E-state index contributed by atoms with van der Waals surface area (Å²) in [5, 5.41) is 17.2. The van der Waals surface area contributed by atoms with Crippen molar-refractivity contribution >= 4 is 28.3 Å². The van der Waals surface area contributed by atoms with Crippen molar-refractivity contribution in [2.24, 2.45) is 0 Å². The van der Waals surface area contributed by atoms with Crippen LogP contribution < -0.4 is 15.6 Å². The van der Waals surface area contributed by atoms with E-state index < -0.39 is 0 Å². The van der Waals surface area contributed by atoms with Crippen molar-refractivity contribution in [3.63, 3.8) is 0 Å². The third kappa shape index (κ3) is 2.88. The Morgan fingerprint density at radius 2 is 2.29 bits per heavy atom. The van der Waals surface area contributed by atoms with Crippen molar-refractivity contribution in [2.75, 3.05) is 25.1 Å². The number of hydrogen-bond donors (Lipinski definition) is 3. The summed E-state index contributed by atoms with van der Waals surface area (Å²) in [5.41, 5.74) is 2.38. The fraction of sp³-hybridized carbons (Fsp3) is 0.375. The van der Waals surface area contributed by atoms with Gasteiger partial charge in [0.25, 0.3) is 0 Å². The second-order valence-electron chi connectivity index (χ2n) is 5.72. The van der Waals surface area contributed by atoms with Crippen molar-refractivity contribution in [1.29, 1.82) is 0 Å². The van der Waals surface area contributed by atoms with E-state index in [-0.39, 0.29) is 12.0 Å². The normalized spacial score (nSPS) is 15.5. The number of pyridine rings is 1. The SMILES string of the molecule is C/C=C(/NC(C)=O)C(=[NH2+])c1cc2[nH]nc(N3CC(OC)C3)c2cn1. The zero-order chi connectivity index (χ0) is 17.3. The van der Waals surface area contributed by atoms with Gasteiger partial charge in [0.15, 0.2) is 5.82 Å². The van der Waals surface area contributed by atoms with Gasteiger partial charge in [0, 0.05) is 33.3 Å². The zero-order valence-electron chi connectivity index (χ0n) is 14.0. The van der Waals surface area contributed by atoms with Gasteiger partial charge in [-0.1, -0.05) is 6.08 Å². The Bertz CT molecular complexity index is 819. The smallest absolute Gasteiger partial charge is 0.246 e. The number of hydrogen-bond acceptors (Lipinski definition) is 5. The molecule has 8 nitrogen and oxygen atoms in total. The highest BCUT2D eigenvalue weighted by Gasteiger charge is 2.29. The third-order valence-electron chi connectivity index (χ3n) is 4.07. The van der Waals surface area contributed by atoms with Crippen LogP contribution in [0.5, 0.6) is 0 Å². The lowest BCUT2D eigenvalue weighted by molar-refractivity contribution is -0.120. The molecule has 24 heavy (non-hydrogen) atoms. The van der Waals surface area contributed by atoms with Crippen LogP contribution in [-0.4, -0.2) is 53.1 Å². The molecule has 0 spiro atoms. The van der Waals surface area contributed by atoms with E-state index in [4.69, 9.17) is 10.1 Å². The molecule has 0 atom stereocenters. The van der Waals surface area contributed by atoms with E-state index in [1.165, 1.54) is 6.92 Å². The molecule has 0 aliphatic carbocycles. The van der Waals surface area contributed by atoms with E-state index in [0.717, 1.165) is 29.8 Å². The molecule has 1 amide bonds. The molecule has 0 unspecified atom stereocenters. The number of methoxy groups -OCH3 is 1. The highest BCUT2D eigenvalue weighted by atomic mass is 16.5. The summed E-state index contributed by atoms with van der Waals surface area (Å²) >= 11 is 0. The fourth-order valence-electron chi connectivity index (χ4n) is 2.67. The van der Waals surface area contributed by atoms with Crippen molar-refractivity contribution in [3.8, 4) is 0 Å². The Balaban J connectivity index is 1.85. The van der Waals surface area contributed by atoms with E-state index in [1.807, 2.05) is 6.07 Å². The monoisotopic (exact) mass is 329 g/mol. The number of aromatic amines is 1. The van der Waals surface area contributed by atoms with Crippen molar-refractivity contribution in [1.82, 2.24) is 20.5 Å². The lowest BCUT2D eigenvalue weighted by atomic mass is 10.1. The van der Waals surface area contributed by atoms with Crippen LogP contribution >= 0.6 is 0 Å². The molecule has 8 heteroatoms. The predicted octanol–water partition coefficient (Wildman–Crippen LogP) is -0.619. The zero-order valence-corrected chi connectivity index (χ0v) is 14.0. The number of ether oxygens (including phenoxy) is 1. The molecule has 1 aliphatic heterocycles. The van der Waals surface area contributed by atoms with Gasteiger partial charge in [0.05, 0.1) is 17.0 Å². The lowest BCUT2D eigenvalue weighted by Crippen LogP contribution is -2.52. The maximum atomic E-state index is 11.3. The van der Waals surface area contributed by atoms with Gasteiger partial charge in [0.1, 0.15) is 11.4 Å². The minimum Gasteiger partial charge on any atom is -0.378 e. The number of anilines is 1. The number of nitrogens with one attached hydrogen (secondary N) is 2. The molecule has 1 saturated heterocycles. The Labute approximate surface area is 139 Å². The van der Waals surface area contributed by atoms with E-state index in [0.29, 0.717) is 17.1 Å². The quantitative estimate of drug-likeness (QED) is 0.634. The first kappa shape index (κ1) is 16.1. The topological polar surface area (TPSA) is 109 Å². The molecule has 0 aromatic carbocycles. The molecule has 3 rings (SSSR count).